The lowest BCUT2D eigenvalue weighted by Crippen LogP contribution is -2.26. The first-order chi connectivity index (χ1) is 7.79. The molecule has 0 bridgehead atoms. The van der Waals surface area contributed by atoms with Crippen molar-refractivity contribution in [2.24, 2.45) is 0 Å². The maximum absolute atomic E-state index is 8.89. The summed E-state index contributed by atoms with van der Waals surface area (Å²) in [4.78, 5) is 2.26. The van der Waals surface area contributed by atoms with Gasteiger partial charge in [0, 0.05) is 18.3 Å². The van der Waals surface area contributed by atoms with E-state index in [4.69, 9.17) is 5.26 Å². The number of thioether (sulfide) groups is 1. The fourth-order valence-corrected chi connectivity index (χ4v) is 2.15. The van der Waals surface area contributed by atoms with Crippen molar-refractivity contribution in [2.45, 2.75) is 12.5 Å². The van der Waals surface area contributed by atoms with Crippen LogP contribution in [0.4, 0.5) is 0 Å². The Bertz CT molecular complexity index is 332. The Labute approximate surface area is 102 Å². The van der Waals surface area contributed by atoms with E-state index in [0.29, 0.717) is 6.42 Å². The van der Waals surface area contributed by atoms with Crippen LogP contribution in [0.15, 0.2) is 30.3 Å². The molecule has 1 unspecified atom stereocenters. The molecular weight excluding hydrogens is 216 g/mol. The number of hydrogen-bond acceptors (Lipinski definition) is 3. The maximum Gasteiger partial charge on any atom is 0.0641 e. The summed E-state index contributed by atoms with van der Waals surface area (Å²) >= 11 is 1.84. The number of hydrogen-bond donors (Lipinski definition) is 0. The van der Waals surface area contributed by atoms with E-state index in [-0.39, 0.29) is 6.04 Å². The smallest absolute Gasteiger partial charge is 0.0641 e. The fraction of sp³-hybridized carbons (Fsp3) is 0.462. The Morgan fingerprint density at radius 1 is 1.38 bits per heavy atom. The van der Waals surface area contributed by atoms with Crippen LogP contribution in [-0.2, 0) is 0 Å². The highest BCUT2D eigenvalue weighted by atomic mass is 32.2. The molecule has 0 saturated carbocycles. The van der Waals surface area contributed by atoms with Crippen molar-refractivity contribution in [2.75, 3.05) is 25.6 Å². The van der Waals surface area contributed by atoms with Crippen molar-refractivity contribution in [1.82, 2.24) is 4.90 Å². The molecule has 0 N–H and O–H groups in total. The summed E-state index contributed by atoms with van der Waals surface area (Å²) in [5, 5.41) is 8.89. The zero-order valence-corrected chi connectivity index (χ0v) is 10.7. The van der Waals surface area contributed by atoms with E-state index in [0.717, 1.165) is 12.3 Å². The van der Waals surface area contributed by atoms with Gasteiger partial charge in [-0.15, -0.1) is 0 Å². The van der Waals surface area contributed by atoms with E-state index in [2.05, 4.69) is 36.4 Å². The van der Waals surface area contributed by atoms with Crippen molar-refractivity contribution in [3.05, 3.63) is 35.9 Å². The van der Waals surface area contributed by atoms with Crippen LogP contribution in [0.25, 0.3) is 0 Å². The average molecular weight is 234 g/mol. The molecule has 0 fully saturated rings. The number of nitrogens with zero attached hydrogens (tertiary/aromatic N) is 2. The van der Waals surface area contributed by atoms with Gasteiger partial charge in [0.15, 0.2) is 0 Å². The Morgan fingerprint density at radius 2 is 2.06 bits per heavy atom. The lowest BCUT2D eigenvalue weighted by Gasteiger charge is -2.26. The van der Waals surface area contributed by atoms with Crippen LogP contribution in [0.2, 0.25) is 0 Å². The molecule has 0 amide bonds. The molecule has 0 spiro atoms. The van der Waals surface area contributed by atoms with Crippen molar-refractivity contribution in [3.8, 4) is 6.07 Å². The first kappa shape index (κ1) is 13.1. The van der Waals surface area contributed by atoms with E-state index >= 15 is 0 Å². The molecule has 0 saturated heterocycles. The highest BCUT2D eigenvalue weighted by Gasteiger charge is 2.15. The van der Waals surface area contributed by atoms with Gasteiger partial charge in [-0.25, -0.2) is 0 Å². The summed E-state index contributed by atoms with van der Waals surface area (Å²) in [6, 6.07) is 12.8. The van der Waals surface area contributed by atoms with Crippen LogP contribution in [0.5, 0.6) is 0 Å². The van der Waals surface area contributed by atoms with E-state index in [1.807, 2.05) is 30.0 Å². The van der Waals surface area contributed by atoms with E-state index in [1.54, 1.807) is 0 Å². The molecule has 16 heavy (non-hydrogen) atoms. The Hall–Kier alpha value is -0.980. The summed E-state index contributed by atoms with van der Waals surface area (Å²) in [6.07, 6.45) is 2.66. The van der Waals surface area contributed by atoms with E-state index in [9.17, 15) is 0 Å². The molecule has 0 aliphatic carbocycles. The number of nitriles is 1. The molecule has 0 radical (unpaired) electrons. The SMILES string of the molecule is CSCCN(C)C(CC#N)c1ccccc1. The van der Waals surface area contributed by atoms with Gasteiger partial charge in [0.25, 0.3) is 0 Å². The van der Waals surface area contributed by atoms with E-state index < -0.39 is 0 Å². The van der Waals surface area contributed by atoms with Gasteiger partial charge in [-0.1, -0.05) is 30.3 Å². The topological polar surface area (TPSA) is 27.0 Å². The predicted molar refractivity (Wildman–Crippen MR) is 70.4 cm³/mol. The van der Waals surface area contributed by atoms with Crippen molar-refractivity contribution < 1.29 is 0 Å². The zero-order chi connectivity index (χ0) is 11.8. The summed E-state index contributed by atoms with van der Waals surface area (Å²) in [5.74, 6) is 1.10. The van der Waals surface area contributed by atoms with Crippen molar-refractivity contribution in [3.63, 3.8) is 0 Å². The second-order valence-electron chi connectivity index (χ2n) is 3.76. The molecule has 0 aromatic heterocycles. The molecule has 0 aliphatic rings. The van der Waals surface area contributed by atoms with Crippen LogP contribution in [-0.4, -0.2) is 30.5 Å². The van der Waals surface area contributed by atoms with Gasteiger partial charge in [0.2, 0.25) is 0 Å². The van der Waals surface area contributed by atoms with Gasteiger partial charge in [0.1, 0.15) is 0 Å². The molecular formula is C13H18N2S. The monoisotopic (exact) mass is 234 g/mol. The van der Waals surface area contributed by atoms with Gasteiger partial charge in [-0.3, -0.25) is 4.90 Å². The average Bonchev–Trinajstić information content (AvgIpc) is 2.34. The molecule has 2 nitrogen and oxygen atoms in total. The van der Waals surface area contributed by atoms with Gasteiger partial charge >= 0.3 is 0 Å². The quantitative estimate of drug-likeness (QED) is 0.757. The largest absolute Gasteiger partial charge is 0.298 e. The Balaban J connectivity index is 2.71. The summed E-state index contributed by atoms with van der Waals surface area (Å²) in [6.45, 7) is 1.02. The molecule has 1 atom stereocenters. The minimum absolute atomic E-state index is 0.221. The van der Waals surface area contributed by atoms with Crippen molar-refractivity contribution in [1.29, 1.82) is 5.26 Å². The summed E-state index contributed by atoms with van der Waals surface area (Å²) in [5.41, 5.74) is 1.23. The zero-order valence-electron chi connectivity index (χ0n) is 9.89. The normalized spacial score (nSPS) is 12.4. The second kappa shape index (κ2) is 7.32. The summed E-state index contributed by atoms with van der Waals surface area (Å²) in [7, 11) is 2.09. The molecule has 86 valence electrons. The van der Waals surface area contributed by atoms with Crippen LogP contribution in [0.3, 0.4) is 0 Å². The van der Waals surface area contributed by atoms with Crippen LogP contribution >= 0.6 is 11.8 Å². The van der Waals surface area contributed by atoms with Crippen LogP contribution in [0, 0.1) is 11.3 Å². The fourth-order valence-electron chi connectivity index (χ4n) is 1.68. The van der Waals surface area contributed by atoms with Crippen LogP contribution in [0.1, 0.15) is 18.0 Å². The van der Waals surface area contributed by atoms with Gasteiger partial charge < -0.3 is 0 Å². The Morgan fingerprint density at radius 3 is 2.62 bits per heavy atom. The minimum atomic E-state index is 0.221. The van der Waals surface area contributed by atoms with Gasteiger partial charge in [-0.2, -0.15) is 17.0 Å². The van der Waals surface area contributed by atoms with E-state index in [1.165, 1.54) is 5.56 Å². The maximum atomic E-state index is 8.89. The lowest BCUT2D eigenvalue weighted by atomic mass is 10.0. The molecule has 0 heterocycles. The standard InChI is InChI=1S/C13H18N2S/c1-15(10-11-16-2)13(8-9-14)12-6-4-3-5-7-12/h3-7,13H,8,10-11H2,1-2H3. The minimum Gasteiger partial charge on any atom is -0.298 e. The van der Waals surface area contributed by atoms with Crippen LogP contribution < -0.4 is 0 Å². The lowest BCUT2D eigenvalue weighted by molar-refractivity contribution is 0.263. The summed E-state index contributed by atoms with van der Waals surface area (Å²) < 4.78 is 0. The van der Waals surface area contributed by atoms with Gasteiger partial charge in [0.05, 0.1) is 12.5 Å². The second-order valence-corrected chi connectivity index (χ2v) is 4.75. The molecule has 3 heteroatoms. The molecule has 0 aliphatic heterocycles. The van der Waals surface area contributed by atoms with Crippen molar-refractivity contribution >= 4 is 11.8 Å². The molecule has 1 aromatic rings. The number of benzene rings is 1. The third kappa shape index (κ3) is 3.88. The third-order valence-electron chi connectivity index (χ3n) is 2.65. The third-order valence-corrected chi connectivity index (χ3v) is 3.24. The highest BCUT2D eigenvalue weighted by molar-refractivity contribution is 7.98. The first-order valence-electron chi connectivity index (χ1n) is 5.40. The highest BCUT2D eigenvalue weighted by Crippen LogP contribution is 2.22. The molecule has 1 rings (SSSR count). The number of rotatable bonds is 6. The first-order valence-corrected chi connectivity index (χ1v) is 6.80. The molecule has 1 aromatic carbocycles. The Kier molecular flexibility index (Phi) is 5.99. The predicted octanol–water partition coefficient (Wildman–Crippen LogP) is 2.94. The van der Waals surface area contributed by atoms with Gasteiger partial charge in [-0.05, 0) is 18.9 Å².